The molecule has 0 spiro atoms. The van der Waals surface area contributed by atoms with E-state index in [4.69, 9.17) is 18.9 Å². The monoisotopic (exact) mass is 541 g/mol. The predicted octanol–water partition coefficient (Wildman–Crippen LogP) is 2.58. The van der Waals surface area contributed by atoms with Crippen molar-refractivity contribution in [2.45, 2.75) is 26.3 Å². The maximum atomic E-state index is 13.5. The number of hydrogen-bond acceptors (Lipinski definition) is 9. The molecule has 0 radical (unpaired) electrons. The average Bonchev–Trinajstić information content (AvgIpc) is 3.39. The lowest BCUT2D eigenvalue weighted by molar-refractivity contribution is -0.140. The van der Waals surface area contributed by atoms with Gasteiger partial charge in [0.1, 0.15) is 23.0 Å². The molecule has 3 heterocycles. The lowest BCUT2D eigenvalue weighted by Crippen LogP contribution is -2.39. The van der Waals surface area contributed by atoms with Gasteiger partial charge in [0.2, 0.25) is 0 Å². The number of Topliss-reactive ketones (excluding diaryl/α,β-unsaturated/α-hetero) is 1. The van der Waals surface area contributed by atoms with Crippen molar-refractivity contribution in [2.75, 3.05) is 60.7 Å². The van der Waals surface area contributed by atoms with Gasteiger partial charge in [-0.2, -0.15) is 0 Å². The van der Waals surface area contributed by atoms with Crippen molar-refractivity contribution in [2.24, 2.45) is 0 Å². The molecular formula is C28H35N3O8. The zero-order chi connectivity index (χ0) is 28.3. The number of nitrogens with one attached hydrogen (secondary N) is 1. The highest BCUT2D eigenvalue weighted by molar-refractivity contribution is 6.46. The van der Waals surface area contributed by atoms with E-state index in [0.29, 0.717) is 48.0 Å². The lowest BCUT2D eigenvalue weighted by Gasteiger charge is -2.29. The quantitative estimate of drug-likeness (QED) is 0.213. The highest BCUT2D eigenvalue weighted by atomic mass is 16.5. The van der Waals surface area contributed by atoms with Gasteiger partial charge in [0.25, 0.3) is 11.7 Å². The molecular weight excluding hydrogens is 506 g/mol. The molecule has 0 unspecified atom stereocenters. The summed E-state index contributed by atoms with van der Waals surface area (Å²) >= 11 is 0. The van der Waals surface area contributed by atoms with Crippen molar-refractivity contribution in [1.82, 2.24) is 14.8 Å². The number of methoxy groups -OCH3 is 3. The molecule has 1 amide bonds. The number of hydrogen-bond donors (Lipinski definition) is 2. The van der Waals surface area contributed by atoms with Gasteiger partial charge in [-0.25, -0.2) is 4.79 Å². The summed E-state index contributed by atoms with van der Waals surface area (Å²) in [6.07, 6.45) is 0.616. The molecule has 11 nitrogen and oxygen atoms in total. The molecule has 0 saturated carbocycles. The number of benzene rings is 1. The number of aliphatic hydroxyl groups excluding tert-OH is 1. The molecule has 4 rings (SSSR count). The number of aromatic amines is 1. The third kappa shape index (κ3) is 5.37. The summed E-state index contributed by atoms with van der Waals surface area (Å²) in [5, 5.41) is 11.6. The fourth-order valence-electron chi connectivity index (χ4n) is 5.32. The van der Waals surface area contributed by atoms with Crippen LogP contribution >= 0.6 is 0 Å². The maximum absolute atomic E-state index is 13.5. The Morgan fingerprint density at radius 1 is 1.10 bits per heavy atom. The first-order chi connectivity index (χ1) is 18.7. The summed E-state index contributed by atoms with van der Waals surface area (Å²) in [5.74, 6) is -1.57. The fraction of sp³-hybridized carbons (Fsp3) is 0.464. The van der Waals surface area contributed by atoms with Gasteiger partial charge >= 0.3 is 5.97 Å². The Morgan fingerprint density at radius 2 is 1.82 bits per heavy atom. The Balaban J connectivity index is 1.82. The Bertz CT molecular complexity index is 1290. The minimum atomic E-state index is -0.935. The first-order valence-electron chi connectivity index (χ1n) is 12.8. The topological polar surface area (TPSA) is 131 Å². The number of esters is 1. The molecule has 2 aromatic rings. The van der Waals surface area contributed by atoms with Crippen LogP contribution in [-0.2, 0) is 19.1 Å². The third-order valence-corrected chi connectivity index (χ3v) is 7.31. The highest BCUT2D eigenvalue weighted by Gasteiger charge is 2.47. The van der Waals surface area contributed by atoms with Crippen LogP contribution in [0.15, 0.2) is 23.8 Å². The number of amides is 1. The number of carbonyl (C=O) groups is 3. The van der Waals surface area contributed by atoms with Crippen LogP contribution in [0.1, 0.15) is 45.3 Å². The third-order valence-electron chi connectivity index (χ3n) is 7.31. The van der Waals surface area contributed by atoms with Crippen LogP contribution < -0.4 is 9.47 Å². The van der Waals surface area contributed by atoms with Gasteiger partial charge in [-0.05, 0) is 44.0 Å². The first kappa shape index (κ1) is 28.2. The van der Waals surface area contributed by atoms with Crippen LogP contribution in [-0.4, -0.2) is 98.3 Å². The number of ether oxygens (including phenoxy) is 4. The Hall–Kier alpha value is -3.83. The van der Waals surface area contributed by atoms with E-state index in [2.05, 4.69) is 9.88 Å². The van der Waals surface area contributed by atoms with Gasteiger partial charge in [0.05, 0.1) is 46.2 Å². The van der Waals surface area contributed by atoms with Gasteiger partial charge < -0.3 is 33.9 Å². The SMILES string of the molecule is COC(=O)c1[nH]c(C)c(/C(O)=C2\C(=O)C(=O)N(CCCN3CCOCC3)[C@H]2c2cc(OC)ccc2OC)c1C. The summed E-state index contributed by atoms with van der Waals surface area (Å²) in [6, 6.07) is 4.18. The number of rotatable bonds is 9. The minimum absolute atomic E-state index is 0.0838. The summed E-state index contributed by atoms with van der Waals surface area (Å²) in [6.45, 7) is 7.26. The normalized spacial score (nSPS) is 19.4. The van der Waals surface area contributed by atoms with Crippen molar-refractivity contribution in [3.63, 3.8) is 0 Å². The predicted molar refractivity (Wildman–Crippen MR) is 142 cm³/mol. The molecule has 11 heteroatoms. The van der Waals surface area contributed by atoms with Crippen molar-refractivity contribution in [1.29, 1.82) is 0 Å². The van der Waals surface area contributed by atoms with Gasteiger partial charge in [-0.15, -0.1) is 0 Å². The van der Waals surface area contributed by atoms with Crippen molar-refractivity contribution in [3.8, 4) is 11.5 Å². The Morgan fingerprint density at radius 3 is 2.46 bits per heavy atom. The number of H-pyrrole nitrogens is 1. The van der Waals surface area contributed by atoms with E-state index < -0.39 is 23.7 Å². The van der Waals surface area contributed by atoms with Crippen molar-refractivity contribution in [3.05, 3.63) is 51.9 Å². The van der Waals surface area contributed by atoms with Crippen molar-refractivity contribution >= 4 is 23.4 Å². The smallest absolute Gasteiger partial charge is 0.354 e. The van der Waals surface area contributed by atoms with E-state index >= 15 is 0 Å². The minimum Gasteiger partial charge on any atom is -0.507 e. The molecule has 0 bridgehead atoms. The zero-order valence-electron chi connectivity index (χ0n) is 23.0. The van der Waals surface area contributed by atoms with E-state index in [0.717, 1.165) is 19.6 Å². The molecule has 0 aliphatic carbocycles. The van der Waals surface area contributed by atoms with Crippen LogP contribution in [0, 0.1) is 13.8 Å². The van der Waals surface area contributed by atoms with Crippen LogP contribution in [0.2, 0.25) is 0 Å². The molecule has 2 saturated heterocycles. The molecule has 2 aliphatic rings. The van der Waals surface area contributed by atoms with E-state index in [9.17, 15) is 19.5 Å². The van der Waals surface area contributed by atoms with Crippen molar-refractivity contribution < 1.29 is 38.4 Å². The Kier molecular flexibility index (Phi) is 8.61. The number of aliphatic hydroxyl groups is 1. The van der Waals surface area contributed by atoms with Gasteiger partial charge in [0, 0.05) is 43.0 Å². The summed E-state index contributed by atoms with van der Waals surface area (Å²) in [7, 11) is 4.28. The highest BCUT2D eigenvalue weighted by Crippen LogP contribution is 2.44. The molecule has 39 heavy (non-hydrogen) atoms. The number of ketones is 1. The first-order valence-corrected chi connectivity index (χ1v) is 12.8. The molecule has 1 aromatic heterocycles. The van der Waals surface area contributed by atoms with Crippen LogP contribution in [0.25, 0.3) is 5.76 Å². The molecule has 210 valence electrons. The van der Waals surface area contributed by atoms with E-state index in [1.54, 1.807) is 32.0 Å². The molecule has 2 fully saturated rings. The van der Waals surface area contributed by atoms with E-state index in [1.165, 1.54) is 26.2 Å². The number of morpholine rings is 1. The fourth-order valence-corrected chi connectivity index (χ4v) is 5.32. The molecule has 2 aliphatic heterocycles. The van der Waals surface area contributed by atoms with Gasteiger partial charge in [-0.3, -0.25) is 14.5 Å². The number of aryl methyl sites for hydroxylation is 1. The second-order valence-electron chi connectivity index (χ2n) is 9.52. The van der Waals surface area contributed by atoms with Gasteiger partial charge in [0.15, 0.2) is 0 Å². The number of nitrogens with zero attached hydrogens (tertiary/aromatic N) is 2. The number of likely N-dealkylation sites (tertiary alicyclic amines) is 1. The van der Waals surface area contributed by atoms with Crippen LogP contribution in [0.3, 0.4) is 0 Å². The largest absolute Gasteiger partial charge is 0.507 e. The molecule has 2 N–H and O–H groups in total. The van der Waals surface area contributed by atoms with E-state index in [1.807, 2.05) is 0 Å². The maximum Gasteiger partial charge on any atom is 0.354 e. The summed E-state index contributed by atoms with van der Waals surface area (Å²) < 4.78 is 21.3. The van der Waals surface area contributed by atoms with Gasteiger partial charge in [-0.1, -0.05) is 0 Å². The number of carbonyl (C=O) groups excluding carboxylic acids is 3. The molecule has 1 aromatic carbocycles. The Labute approximate surface area is 227 Å². The standard InChI is InChI=1S/C28H35N3O8/c1-16-21(17(2)29-23(16)28(35)38-5)25(32)22-24(19-15-18(36-3)7-8-20(19)37-4)31(27(34)26(22)33)10-6-9-30-11-13-39-14-12-30/h7-8,15,24,29,32H,6,9-14H2,1-5H3/b25-22+/t24-/m0/s1. The molecule has 1 atom stereocenters. The summed E-state index contributed by atoms with van der Waals surface area (Å²) in [4.78, 5) is 45.9. The zero-order valence-corrected chi connectivity index (χ0v) is 23.0. The van der Waals surface area contributed by atoms with E-state index in [-0.39, 0.29) is 29.1 Å². The second-order valence-corrected chi connectivity index (χ2v) is 9.52. The lowest BCUT2D eigenvalue weighted by atomic mass is 9.93. The summed E-state index contributed by atoms with van der Waals surface area (Å²) in [5.41, 5.74) is 1.72. The van der Waals surface area contributed by atoms with Crippen LogP contribution in [0.4, 0.5) is 0 Å². The van der Waals surface area contributed by atoms with Crippen LogP contribution in [0.5, 0.6) is 11.5 Å². The second kappa shape index (κ2) is 11.9. The number of aromatic nitrogens is 1. The average molecular weight is 542 g/mol.